The number of hydrogen-bond acceptors (Lipinski definition) is 4. The Hall–Kier alpha value is -1.79. The average molecular weight is 364 g/mol. The molecular formula is C20H33N3O3. The van der Waals surface area contributed by atoms with Crippen molar-refractivity contribution in [3.63, 3.8) is 0 Å². The van der Waals surface area contributed by atoms with E-state index in [4.69, 9.17) is 14.2 Å². The van der Waals surface area contributed by atoms with Crippen molar-refractivity contribution < 1.29 is 14.2 Å². The highest BCUT2D eigenvalue weighted by Gasteiger charge is 2.22. The van der Waals surface area contributed by atoms with Gasteiger partial charge in [-0.05, 0) is 38.2 Å². The Kier molecular flexibility index (Phi) is 9.90. The number of rotatable bonds is 13. The fourth-order valence-electron chi connectivity index (χ4n) is 2.40. The quantitative estimate of drug-likeness (QED) is 0.320. The monoisotopic (exact) mass is 363 g/mol. The molecule has 1 aromatic carbocycles. The van der Waals surface area contributed by atoms with Crippen LogP contribution in [-0.4, -0.2) is 52.6 Å². The van der Waals surface area contributed by atoms with Crippen LogP contribution in [0, 0.1) is 5.92 Å². The smallest absolute Gasteiger partial charge is 0.191 e. The fraction of sp³-hybridized carbons (Fsp3) is 0.650. The molecule has 6 nitrogen and oxygen atoms in total. The molecule has 1 saturated carbocycles. The molecule has 0 heterocycles. The van der Waals surface area contributed by atoms with E-state index in [1.165, 1.54) is 12.8 Å². The second-order valence-corrected chi connectivity index (χ2v) is 6.44. The number of nitrogens with zero attached hydrogens (tertiary/aromatic N) is 1. The van der Waals surface area contributed by atoms with Crippen LogP contribution >= 0.6 is 0 Å². The van der Waals surface area contributed by atoms with Crippen LogP contribution in [0.4, 0.5) is 0 Å². The molecule has 2 N–H and O–H groups in total. The zero-order valence-corrected chi connectivity index (χ0v) is 16.1. The van der Waals surface area contributed by atoms with Crippen LogP contribution in [0.5, 0.6) is 5.75 Å². The molecule has 0 aromatic heterocycles. The van der Waals surface area contributed by atoms with Gasteiger partial charge in [-0.15, -0.1) is 0 Å². The van der Waals surface area contributed by atoms with Crippen molar-refractivity contribution in [3.05, 3.63) is 29.8 Å². The second-order valence-electron chi connectivity index (χ2n) is 6.44. The van der Waals surface area contributed by atoms with Gasteiger partial charge in [-0.2, -0.15) is 0 Å². The van der Waals surface area contributed by atoms with E-state index in [9.17, 15) is 0 Å². The first-order chi connectivity index (χ1) is 12.8. The largest absolute Gasteiger partial charge is 0.493 e. The van der Waals surface area contributed by atoms with E-state index in [0.29, 0.717) is 26.4 Å². The van der Waals surface area contributed by atoms with E-state index in [0.717, 1.165) is 49.3 Å². The van der Waals surface area contributed by atoms with E-state index in [1.807, 2.05) is 18.2 Å². The number of guanidine groups is 1. The van der Waals surface area contributed by atoms with Crippen molar-refractivity contribution in [2.45, 2.75) is 32.7 Å². The van der Waals surface area contributed by atoms with Gasteiger partial charge in [0.05, 0.1) is 26.4 Å². The van der Waals surface area contributed by atoms with Crippen molar-refractivity contribution in [3.8, 4) is 5.75 Å². The van der Waals surface area contributed by atoms with Gasteiger partial charge in [-0.25, -0.2) is 4.99 Å². The molecule has 2 rings (SSSR count). The molecular weight excluding hydrogens is 330 g/mol. The van der Waals surface area contributed by atoms with Crippen molar-refractivity contribution in [2.24, 2.45) is 10.9 Å². The topological polar surface area (TPSA) is 64.1 Å². The lowest BCUT2D eigenvalue weighted by Crippen LogP contribution is -2.38. The van der Waals surface area contributed by atoms with Gasteiger partial charge >= 0.3 is 0 Å². The van der Waals surface area contributed by atoms with Crippen molar-refractivity contribution in [1.29, 1.82) is 0 Å². The molecule has 26 heavy (non-hydrogen) atoms. The third kappa shape index (κ3) is 8.54. The average Bonchev–Trinajstić information content (AvgIpc) is 3.48. The first-order valence-electron chi connectivity index (χ1n) is 9.63. The van der Waals surface area contributed by atoms with E-state index < -0.39 is 0 Å². The summed E-state index contributed by atoms with van der Waals surface area (Å²) >= 11 is 0. The molecule has 0 unspecified atom stereocenters. The maximum absolute atomic E-state index is 5.96. The van der Waals surface area contributed by atoms with Gasteiger partial charge < -0.3 is 24.8 Å². The highest BCUT2D eigenvalue weighted by atomic mass is 16.5. The molecule has 0 atom stereocenters. The Morgan fingerprint density at radius 3 is 2.77 bits per heavy atom. The summed E-state index contributed by atoms with van der Waals surface area (Å²) in [6, 6.07) is 8.17. The minimum Gasteiger partial charge on any atom is -0.493 e. The highest BCUT2D eigenvalue weighted by Crippen LogP contribution is 2.30. The van der Waals surface area contributed by atoms with Crippen LogP contribution in [0.3, 0.4) is 0 Å². The van der Waals surface area contributed by atoms with Crippen LogP contribution in [0.1, 0.15) is 31.7 Å². The Morgan fingerprint density at radius 1 is 1.15 bits per heavy atom. The zero-order valence-electron chi connectivity index (χ0n) is 16.1. The van der Waals surface area contributed by atoms with E-state index >= 15 is 0 Å². The van der Waals surface area contributed by atoms with Crippen LogP contribution in [0.2, 0.25) is 0 Å². The van der Waals surface area contributed by atoms with Gasteiger partial charge in [0, 0.05) is 32.4 Å². The lowest BCUT2D eigenvalue weighted by Gasteiger charge is -2.13. The highest BCUT2D eigenvalue weighted by molar-refractivity contribution is 5.79. The first-order valence-corrected chi connectivity index (χ1v) is 9.63. The summed E-state index contributed by atoms with van der Waals surface area (Å²) < 4.78 is 16.4. The predicted molar refractivity (Wildman–Crippen MR) is 105 cm³/mol. The summed E-state index contributed by atoms with van der Waals surface area (Å²) in [7, 11) is 1.68. The molecule has 1 fully saturated rings. The minimum absolute atomic E-state index is 0.598. The normalized spacial score (nSPS) is 14.3. The molecule has 0 aliphatic heterocycles. The minimum atomic E-state index is 0.598. The number of para-hydroxylation sites is 1. The summed E-state index contributed by atoms with van der Waals surface area (Å²) in [6.45, 7) is 7.13. The summed E-state index contributed by atoms with van der Waals surface area (Å²) in [4.78, 5) is 4.69. The SMILES string of the molecule is CCNC(=NCc1ccccc1OCC1CC1)NCCCOCCOC. The van der Waals surface area contributed by atoms with E-state index in [2.05, 4.69) is 28.6 Å². The Morgan fingerprint density at radius 2 is 2.00 bits per heavy atom. The molecule has 0 spiro atoms. The van der Waals surface area contributed by atoms with Crippen molar-refractivity contribution >= 4 is 5.96 Å². The van der Waals surface area contributed by atoms with E-state index in [-0.39, 0.29) is 0 Å². The van der Waals surface area contributed by atoms with Crippen molar-refractivity contribution in [2.75, 3.05) is 46.6 Å². The summed E-state index contributed by atoms with van der Waals surface area (Å²) in [5.74, 6) is 2.52. The van der Waals surface area contributed by atoms with Crippen LogP contribution in [0.15, 0.2) is 29.3 Å². The first kappa shape index (κ1) is 20.5. The molecule has 0 amide bonds. The summed E-state index contributed by atoms with van der Waals surface area (Å²) in [6.07, 6.45) is 3.52. The number of nitrogens with one attached hydrogen (secondary N) is 2. The van der Waals surface area contributed by atoms with Gasteiger partial charge in [0.1, 0.15) is 5.75 Å². The number of hydrogen-bond donors (Lipinski definition) is 2. The molecule has 0 saturated heterocycles. The molecule has 1 aromatic rings. The Bertz CT molecular complexity index is 533. The van der Waals surface area contributed by atoms with Crippen LogP contribution in [-0.2, 0) is 16.0 Å². The second kappa shape index (κ2) is 12.5. The standard InChI is InChI=1S/C20H33N3O3/c1-3-21-20(22-11-6-12-25-14-13-24-2)23-15-18-7-4-5-8-19(18)26-16-17-9-10-17/h4-5,7-8,17H,3,6,9-16H2,1-2H3,(H2,21,22,23). The third-order valence-corrected chi connectivity index (χ3v) is 4.09. The zero-order chi connectivity index (χ0) is 18.5. The van der Waals surface area contributed by atoms with Crippen LogP contribution in [0.25, 0.3) is 0 Å². The fourth-order valence-corrected chi connectivity index (χ4v) is 2.40. The molecule has 1 aliphatic carbocycles. The maximum atomic E-state index is 5.96. The molecule has 1 aliphatic rings. The van der Waals surface area contributed by atoms with Gasteiger partial charge in [-0.1, -0.05) is 18.2 Å². The van der Waals surface area contributed by atoms with Gasteiger partial charge in [0.15, 0.2) is 5.96 Å². The van der Waals surface area contributed by atoms with Gasteiger partial charge in [0.25, 0.3) is 0 Å². The van der Waals surface area contributed by atoms with E-state index in [1.54, 1.807) is 7.11 Å². The van der Waals surface area contributed by atoms with Gasteiger partial charge in [-0.3, -0.25) is 0 Å². The molecule has 6 heteroatoms. The molecule has 0 radical (unpaired) electrons. The van der Waals surface area contributed by atoms with Crippen molar-refractivity contribution in [1.82, 2.24) is 10.6 Å². The number of methoxy groups -OCH3 is 1. The number of ether oxygens (including phenoxy) is 3. The predicted octanol–water partition coefficient (Wildman–Crippen LogP) is 2.58. The number of benzene rings is 1. The summed E-state index contributed by atoms with van der Waals surface area (Å²) in [5.41, 5.74) is 1.12. The molecule has 0 bridgehead atoms. The third-order valence-electron chi connectivity index (χ3n) is 4.09. The molecule has 146 valence electrons. The lowest BCUT2D eigenvalue weighted by atomic mass is 10.2. The van der Waals surface area contributed by atoms with Crippen LogP contribution < -0.4 is 15.4 Å². The number of aliphatic imine (C=N–C) groups is 1. The Labute approximate surface area is 157 Å². The summed E-state index contributed by atoms with van der Waals surface area (Å²) in [5, 5.41) is 6.63. The lowest BCUT2D eigenvalue weighted by molar-refractivity contribution is 0.0698. The van der Waals surface area contributed by atoms with Gasteiger partial charge in [0.2, 0.25) is 0 Å². The maximum Gasteiger partial charge on any atom is 0.191 e. The Balaban J connectivity index is 1.76.